The highest BCUT2D eigenvalue weighted by Crippen LogP contribution is 2.38. The van der Waals surface area contributed by atoms with Crippen molar-refractivity contribution >= 4 is 21.9 Å². The van der Waals surface area contributed by atoms with Gasteiger partial charge < -0.3 is 9.84 Å². The molecule has 0 saturated heterocycles. The topological polar surface area (TPSA) is 59.4 Å². The first kappa shape index (κ1) is 20.9. The minimum atomic E-state index is -4.31. The second kappa shape index (κ2) is 8.65. The van der Waals surface area contributed by atoms with Gasteiger partial charge in [0.25, 0.3) is 0 Å². The number of ether oxygens (including phenoxy) is 1. The highest BCUT2D eigenvalue weighted by atomic mass is 79.9. The number of rotatable bonds is 6. The first-order valence-corrected chi connectivity index (χ1v) is 9.33. The Kier molecular flexibility index (Phi) is 6.22. The van der Waals surface area contributed by atoms with E-state index in [1.54, 1.807) is 54.6 Å². The molecular formula is C21H15BrF3NO3. The van der Waals surface area contributed by atoms with E-state index in [9.17, 15) is 23.1 Å². The zero-order valence-corrected chi connectivity index (χ0v) is 16.5. The molecular weight excluding hydrogens is 451 g/mol. The lowest BCUT2D eigenvalue weighted by atomic mass is 9.96. The van der Waals surface area contributed by atoms with Gasteiger partial charge in [-0.3, -0.25) is 0 Å². The maximum absolute atomic E-state index is 12.5. The molecule has 0 aliphatic carbocycles. The third-order valence-corrected chi connectivity index (χ3v) is 4.54. The molecule has 3 rings (SSSR count). The van der Waals surface area contributed by atoms with Crippen LogP contribution in [0.4, 0.5) is 13.2 Å². The van der Waals surface area contributed by atoms with E-state index in [0.29, 0.717) is 28.1 Å². The Balaban J connectivity index is 2.05. The normalized spacial score (nSPS) is 11.3. The number of hydrogen-bond donors (Lipinski definition) is 1. The van der Waals surface area contributed by atoms with Crippen LogP contribution in [0, 0.1) is 0 Å². The molecule has 8 heteroatoms. The number of carboxylic acid groups (broad SMARTS) is 1. The summed E-state index contributed by atoms with van der Waals surface area (Å²) in [6, 6.07) is 16.8. The number of carbonyl (C=O) groups is 1. The molecule has 4 nitrogen and oxygen atoms in total. The second-order valence-electron chi connectivity index (χ2n) is 6.11. The minimum Gasteiger partial charge on any atom is -0.493 e. The van der Waals surface area contributed by atoms with E-state index in [-0.39, 0.29) is 5.69 Å². The molecule has 29 heavy (non-hydrogen) atoms. The Morgan fingerprint density at radius 1 is 1.00 bits per heavy atom. The smallest absolute Gasteiger partial charge is 0.392 e. The van der Waals surface area contributed by atoms with Crippen molar-refractivity contribution in [1.29, 1.82) is 0 Å². The summed E-state index contributed by atoms with van der Waals surface area (Å²) < 4.78 is 43.6. The van der Waals surface area contributed by atoms with Crippen molar-refractivity contribution in [1.82, 2.24) is 4.98 Å². The highest BCUT2D eigenvalue weighted by molar-refractivity contribution is 9.10. The summed E-state index contributed by atoms with van der Waals surface area (Å²) in [6.07, 6.45) is -5.37. The van der Waals surface area contributed by atoms with Gasteiger partial charge in [0.1, 0.15) is 11.4 Å². The summed E-state index contributed by atoms with van der Waals surface area (Å²) in [5, 5.41) is 9.21. The van der Waals surface area contributed by atoms with Gasteiger partial charge in [-0.1, -0.05) is 46.3 Å². The average molecular weight is 466 g/mol. The number of halogens is 4. The van der Waals surface area contributed by atoms with Gasteiger partial charge in [0.05, 0.1) is 18.7 Å². The lowest BCUT2D eigenvalue weighted by Crippen LogP contribution is -2.13. The third-order valence-electron chi connectivity index (χ3n) is 4.05. The zero-order valence-electron chi connectivity index (χ0n) is 14.9. The molecule has 0 saturated carbocycles. The van der Waals surface area contributed by atoms with Gasteiger partial charge in [-0.25, -0.2) is 9.78 Å². The molecule has 0 fully saturated rings. The lowest BCUT2D eigenvalue weighted by molar-refractivity contribution is -0.139. The zero-order chi connectivity index (χ0) is 21.0. The Morgan fingerprint density at radius 3 is 2.41 bits per heavy atom. The van der Waals surface area contributed by atoms with E-state index in [4.69, 9.17) is 4.74 Å². The molecule has 0 aliphatic rings. The van der Waals surface area contributed by atoms with Crippen LogP contribution in [0.25, 0.3) is 22.4 Å². The number of alkyl halides is 3. The standard InChI is InChI=1S/C21H15BrF3NO3/c22-13-8-9-19(29-11-10-21(23,24)25)16(12-13)14-4-1-2-5-15(14)17-6-3-7-18(26-17)20(27)28/h1-9,12H,10-11H2,(H,27,28). The molecule has 150 valence electrons. The first-order chi connectivity index (χ1) is 13.7. The van der Waals surface area contributed by atoms with E-state index in [1.807, 2.05) is 0 Å². The number of aromatic nitrogens is 1. The van der Waals surface area contributed by atoms with Gasteiger partial charge in [0.2, 0.25) is 0 Å². The summed E-state index contributed by atoms with van der Waals surface area (Å²) in [4.78, 5) is 15.4. The number of nitrogens with zero attached hydrogens (tertiary/aromatic N) is 1. The van der Waals surface area contributed by atoms with E-state index < -0.39 is 25.2 Å². The first-order valence-electron chi connectivity index (χ1n) is 8.54. The maximum Gasteiger partial charge on any atom is 0.392 e. The van der Waals surface area contributed by atoms with Crippen molar-refractivity contribution in [2.75, 3.05) is 6.61 Å². The highest BCUT2D eigenvalue weighted by Gasteiger charge is 2.27. The van der Waals surface area contributed by atoms with Gasteiger partial charge in [0.15, 0.2) is 0 Å². The Labute approximate surface area is 173 Å². The largest absolute Gasteiger partial charge is 0.493 e. The molecule has 0 aliphatic heterocycles. The van der Waals surface area contributed by atoms with Crippen LogP contribution in [0.15, 0.2) is 65.1 Å². The molecule has 1 aromatic heterocycles. The van der Waals surface area contributed by atoms with Gasteiger partial charge in [-0.05, 0) is 35.9 Å². The minimum absolute atomic E-state index is 0.104. The van der Waals surface area contributed by atoms with Crippen molar-refractivity contribution in [2.24, 2.45) is 0 Å². The predicted molar refractivity (Wildman–Crippen MR) is 106 cm³/mol. The molecule has 0 radical (unpaired) electrons. The van der Waals surface area contributed by atoms with Crippen molar-refractivity contribution in [3.8, 4) is 28.1 Å². The van der Waals surface area contributed by atoms with Crippen LogP contribution in [-0.4, -0.2) is 28.8 Å². The van der Waals surface area contributed by atoms with E-state index in [0.717, 1.165) is 4.47 Å². The summed E-state index contributed by atoms with van der Waals surface area (Å²) >= 11 is 3.38. The molecule has 0 atom stereocenters. The predicted octanol–water partition coefficient (Wildman–Crippen LogP) is 6.21. The van der Waals surface area contributed by atoms with Crippen molar-refractivity contribution in [3.05, 3.63) is 70.8 Å². The summed E-state index contributed by atoms with van der Waals surface area (Å²) in [5.41, 5.74) is 2.19. The molecule has 0 amide bonds. The molecule has 0 bridgehead atoms. The van der Waals surface area contributed by atoms with Gasteiger partial charge in [-0.2, -0.15) is 13.2 Å². The monoisotopic (exact) mass is 465 g/mol. The Hall–Kier alpha value is -2.87. The molecule has 1 heterocycles. The number of pyridine rings is 1. The SMILES string of the molecule is O=C(O)c1cccc(-c2ccccc2-c2cc(Br)ccc2OCCC(F)(F)F)n1. The molecule has 3 aromatic rings. The molecule has 1 N–H and O–H groups in total. The van der Waals surface area contributed by atoms with E-state index >= 15 is 0 Å². The maximum atomic E-state index is 12.5. The van der Waals surface area contributed by atoms with Crippen LogP contribution >= 0.6 is 15.9 Å². The van der Waals surface area contributed by atoms with E-state index in [1.165, 1.54) is 6.07 Å². The fourth-order valence-corrected chi connectivity index (χ4v) is 3.12. The number of carboxylic acids is 1. The van der Waals surface area contributed by atoms with Crippen LogP contribution in [0.1, 0.15) is 16.9 Å². The average Bonchev–Trinajstić information content (AvgIpc) is 2.68. The number of aromatic carboxylic acids is 1. The fourth-order valence-electron chi connectivity index (χ4n) is 2.76. The molecule has 0 unspecified atom stereocenters. The van der Waals surface area contributed by atoms with Gasteiger partial charge in [0, 0.05) is 15.6 Å². The van der Waals surface area contributed by atoms with Crippen molar-refractivity contribution < 1.29 is 27.8 Å². The lowest BCUT2D eigenvalue weighted by Gasteiger charge is -2.16. The number of benzene rings is 2. The van der Waals surface area contributed by atoms with Crippen LogP contribution < -0.4 is 4.74 Å². The molecule has 2 aromatic carbocycles. The second-order valence-corrected chi connectivity index (χ2v) is 7.03. The number of hydrogen-bond acceptors (Lipinski definition) is 3. The van der Waals surface area contributed by atoms with Crippen LogP contribution in [-0.2, 0) is 0 Å². The third kappa shape index (κ3) is 5.35. The summed E-state index contributed by atoms with van der Waals surface area (Å²) in [5.74, 6) is -0.859. The van der Waals surface area contributed by atoms with E-state index in [2.05, 4.69) is 20.9 Å². The van der Waals surface area contributed by atoms with Crippen LogP contribution in [0.3, 0.4) is 0 Å². The van der Waals surface area contributed by atoms with Gasteiger partial charge in [-0.15, -0.1) is 0 Å². The summed E-state index contributed by atoms with van der Waals surface area (Å²) in [6.45, 7) is -0.507. The Morgan fingerprint density at radius 2 is 1.72 bits per heavy atom. The van der Waals surface area contributed by atoms with Crippen molar-refractivity contribution in [3.63, 3.8) is 0 Å². The summed E-state index contributed by atoms with van der Waals surface area (Å²) in [7, 11) is 0. The van der Waals surface area contributed by atoms with Gasteiger partial charge >= 0.3 is 12.1 Å². The Bertz CT molecular complexity index is 1040. The van der Waals surface area contributed by atoms with Crippen molar-refractivity contribution in [2.45, 2.75) is 12.6 Å². The molecule has 0 spiro atoms. The van der Waals surface area contributed by atoms with Crippen LogP contribution in [0.2, 0.25) is 0 Å². The fraction of sp³-hybridized carbons (Fsp3) is 0.143. The van der Waals surface area contributed by atoms with Crippen LogP contribution in [0.5, 0.6) is 5.75 Å². The quantitative estimate of drug-likeness (QED) is 0.470.